The van der Waals surface area contributed by atoms with Crippen LogP contribution in [0.5, 0.6) is 0 Å². The molecule has 3 aromatic rings. The molecule has 7 heteroatoms. The number of morpholine rings is 1. The van der Waals surface area contributed by atoms with E-state index in [1.807, 2.05) is 36.6 Å². The molecule has 0 saturated carbocycles. The number of aromatic amines is 1. The number of carbonyl (C=O) groups is 1. The van der Waals surface area contributed by atoms with E-state index in [9.17, 15) is 4.79 Å². The largest absolute Gasteiger partial charge is 0.465 e. The van der Waals surface area contributed by atoms with E-state index >= 15 is 0 Å². The normalized spacial score (nSPS) is 17.0. The Morgan fingerprint density at radius 3 is 2.92 bits per heavy atom. The van der Waals surface area contributed by atoms with Gasteiger partial charge in [-0.1, -0.05) is 0 Å². The van der Waals surface area contributed by atoms with E-state index in [0.717, 1.165) is 34.8 Å². The number of fused-ring (bicyclic) bond motifs is 1. The van der Waals surface area contributed by atoms with Crippen molar-refractivity contribution in [1.29, 1.82) is 0 Å². The first-order chi connectivity index (χ1) is 12.2. The van der Waals surface area contributed by atoms with Crippen molar-refractivity contribution in [3.05, 3.63) is 46.9 Å². The predicted molar refractivity (Wildman–Crippen MR) is 97.1 cm³/mol. The van der Waals surface area contributed by atoms with Crippen LogP contribution >= 0.6 is 11.3 Å². The minimum atomic E-state index is -0.0927. The fourth-order valence-electron chi connectivity index (χ4n) is 3.19. The molecule has 1 aliphatic heterocycles. The van der Waals surface area contributed by atoms with E-state index in [0.29, 0.717) is 25.5 Å². The van der Waals surface area contributed by atoms with Crippen molar-refractivity contribution in [1.82, 2.24) is 15.2 Å². The lowest BCUT2D eigenvalue weighted by Gasteiger charge is -2.33. The van der Waals surface area contributed by atoms with Crippen LogP contribution in [0.2, 0.25) is 0 Å². The number of hydrogen-bond acceptors (Lipinski definition) is 5. The van der Waals surface area contributed by atoms with Crippen molar-refractivity contribution in [2.24, 2.45) is 0 Å². The number of aromatic nitrogens is 1. The Morgan fingerprint density at radius 2 is 2.20 bits per heavy atom. The van der Waals surface area contributed by atoms with Crippen LogP contribution in [0.25, 0.3) is 10.2 Å². The summed E-state index contributed by atoms with van der Waals surface area (Å²) in [6.45, 7) is 5.51. The van der Waals surface area contributed by atoms with Gasteiger partial charge in [-0.3, -0.25) is 9.69 Å². The molecule has 0 aliphatic carbocycles. The molecule has 0 radical (unpaired) electrons. The summed E-state index contributed by atoms with van der Waals surface area (Å²) in [4.78, 5) is 18.0. The monoisotopic (exact) mass is 359 g/mol. The highest BCUT2D eigenvalue weighted by Gasteiger charge is 2.26. The minimum Gasteiger partial charge on any atom is -0.465 e. The lowest BCUT2D eigenvalue weighted by atomic mass is 10.1. The lowest BCUT2D eigenvalue weighted by molar-refractivity contribution is 0.0117. The van der Waals surface area contributed by atoms with Crippen LogP contribution in [-0.2, 0) is 4.74 Å². The van der Waals surface area contributed by atoms with Gasteiger partial charge in [0.2, 0.25) is 0 Å². The molecule has 25 heavy (non-hydrogen) atoms. The first kappa shape index (κ1) is 16.4. The molecule has 0 unspecified atom stereocenters. The average molecular weight is 359 g/mol. The molecule has 1 fully saturated rings. The number of amides is 1. The molecule has 1 aliphatic rings. The number of thiophene rings is 1. The van der Waals surface area contributed by atoms with Gasteiger partial charge in [-0.2, -0.15) is 0 Å². The standard InChI is InChI=1S/C18H21N3O3S/c1-12-2-3-16(24-12)15(21-5-7-23-8-6-21)11-19-18(22)14-10-17-13(20-14)4-9-25-17/h2-4,9-10,15,20H,5-8,11H2,1H3,(H,19,22)/t15-/m1/s1. The summed E-state index contributed by atoms with van der Waals surface area (Å²) in [5, 5.41) is 5.06. The second-order valence-electron chi connectivity index (χ2n) is 6.20. The third-order valence-corrected chi connectivity index (χ3v) is 5.38. The number of rotatable bonds is 5. The van der Waals surface area contributed by atoms with E-state index in [1.54, 1.807) is 11.3 Å². The molecule has 1 amide bonds. The van der Waals surface area contributed by atoms with Crippen LogP contribution in [0.15, 0.2) is 34.1 Å². The molecule has 4 rings (SSSR count). The first-order valence-electron chi connectivity index (χ1n) is 8.43. The van der Waals surface area contributed by atoms with E-state index in [-0.39, 0.29) is 11.9 Å². The highest BCUT2D eigenvalue weighted by atomic mass is 32.1. The van der Waals surface area contributed by atoms with Crippen LogP contribution in [0, 0.1) is 6.92 Å². The molecule has 0 aromatic carbocycles. The molecule has 1 atom stereocenters. The van der Waals surface area contributed by atoms with Gasteiger partial charge in [-0.15, -0.1) is 11.3 Å². The molecule has 4 heterocycles. The number of aryl methyl sites for hydroxylation is 1. The van der Waals surface area contributed by atoms with Crippen LogP contribution in [0.4, 0.5) is 0 Å². The van der Waals surface area contributed by atoms with Gasteiger partial charge >= 0.3 is 0 Å². The topological polar surface area (TPSA) is 70.5 Å². The summed E-state index contributed by atoms with van der Waals surface area (Å²) < 4.78 is 12.4. The Labute approximate surface area is 149 Å². The fraction of sp³-hybridized carbons (Fsp3) is 0.389. The van der Waals surface area contributed by atoms with E-state index in [2.05, 4.69) is 15.2 Å². The Kier molecular flexibility index (Phi) is 4.61. The van der Waals surface area contributed by atoms with Crippen molar-refractivity contribution < 1.29 is 13.9 Å². The van der Waals surface area contributed by atoms with Gasteiger partial charge in [-0.05, 0) is 36.6 Å². The second kappa shape index (κ2) is 7.03. The third kappa shape index (κ3) is 3.49. The maximum absolute atomic E-state index is 12.5. The van der Waals surface area contributed by atoms with E-state index in [4.69, 9.17) is 9.15 Å². The van der Waals surface area contributed by atoms with Crippen molar-refractivity contribution >= 4 is 27.5 Å². The summed E-state index contributed by atoms with van der Waals surface area (Å²) in [5.74, 6) is 1.67. The maximum atomic E-state index is 12.5. The quantitative estimate of drug-likeness (QED) is 0.735. The molecule has 2 N–H and O–H groups in total. The predicted octanol–water partition coefficient (Wildman–Crippen LogP) is 2.93. The first-order valence-corrected chi connectivity index (χ1v) is 9.31. The zero-order valence-electron chi connectivity index (χ0n) is 14.1. The lowest BCUT2D eigenvalue weighted by Crippen LogP contribution is -2.43. The number of carbonyl (C=O) groups excluding carboxylic acids is 1. The fourth-order valence-corrected chi connectivity index (χ4v) is 3.97. The molecule has 6 nitrogen and oxygen atoms in total. The number of nitrogens with zero attached hydrogens (tertiary/aromatic N) is 1. The van der Waals surface area contributed by atoms with Gasteiger partial charge in [0.25, 0.3) is 5.91 Å². The van der Waals surface area contributed by atoms with Crippen LogP contribution < -0.4 is 5.32 Å². The highest BCUT2D eigenvalue weighted by molar-refractivity contribution is 7.17. The Morgan fingerprint density at radius 1 is 1.36 bits per heavy atom. The third-order valence-electron chi connectivity index (χ3n) is 4.52. The maximum Gasteiger partial charge on any atom is 0.267 e. The molecule has 0 spiro atoms. The molecular formula is C18H21N3O3S. The highest BCUT2D eigenvalue weighted by Crippen LogP contribution is 2.24. The number of nitrogens with one attached hydrogen (secondary N) is 2. The Balaban J connectivity index is 1.47. The van der Waals surface area contributed by atoms with E-state index in [1.165, 1.54) is 0 Å². The Hall–Kier alpha value is -2.09. The van der Waals surface area contributed by atoms with Gasteiger partial charge in [0.1, 0.15) is 17.2 Å². The van der Waals surface area contributed by atoms with Gasteiger partial charge in [0.05, 0.1) is 29.5 Å². The molecule has 3 aromatic heterocycles. The summed E-state index contributed by atoms with van der Waals surface area (Å²) in [5.41, 5.74) is 1.60. The van der Waals surface area contributed by atoms with Crippen molar-refractivity contribution in [2.75, 3.05) is 32.8 Å². The van der Waals surface area contributed by atoms with E-state index < -0.39 is 0 Å². The number of ether oxygens (including phenoxy) is 1. The summed E-state index contributed by atoms with van der Waals surface area (Å²) in [6.07, 6.45) is 0. The molecule has 1 saturated heterocycles. The zero-order valence-corrected chi connectivity index (χ0v) is 14.9. The number of furan rings is 1. The number of H-pyrrole nitrogens is 1. The minimum absolute atomic E-state index is 0.0117. The van der Waals surface area contributed by atoms with Crippen molar-refractivity contribution in [2.45, 2.75) is 13.0 Å². The van der Waals surface area contributed by atoms with Gasteiger partial charge in [-0.25, -0.2) is 0 Å². The van der Waals surface area contributed by atoms with Crippen LogP contribution in [0.1, 0.15) is 28.1 Å². The SMILES string of the molecule is Cc1ccc([C@@H](CNC(=O)c2cc3sccc3[nH]2)N2CCOCC2)o1. The van der Waals surface area contributed by atoms with Gasteiger partial charge in [0, 0.05) is 19.6 Å². The second-order valence-corrected chi connectivity index (χ2v) is 7.15. The van der Waals surface area contributed by atoms with Gasteiger partial charge in [0.15, 0.2) is 0 Å². The number of hydrogen-bond donors (Lipinski definition) is 2. The van der Waals surface area contributed by atoms with Crippen LogP contribution in [0.3, 0.4) is 0 Å². The summed E-state index contributed by atoms with van der Waals surface area (Å²) in [6, 6.07) is 7.85. The van der Waals surface area contributed by atoms with Crippen molar-refractivity contribution in [3.8, 4) is 0 Å². The average Bonchev–Trinajstić information content (AvgIpc) is 3.32. The molecule has 132 valence electrons. The van der Waals surface area contributed by atoms with Crippen LogP contribution in [-0.4, -0.2) is 48.6 Å². The summed E-state index contributed by atoms with van der Waals surface area (Å²) in [7, 11) is 0. The van der Waals surface area contributed by atoms with Crippen molar-refractivity contribution in [3.63, 3.8) is 0 Å². The molecular weight excluding hydrogens is 338 g/mol. The smallest absolute Gasteiger partial charge is 0.267 e. The molecule has 0 bridgehead atoms. The Bertz CT molecular complexity index is 831. The summed E-state index contributed by atoms with van der Waals surface area (Å²) >= 11 is 1.62. The van der Waals surface area contributed by atoms with Gasteiger partial charge < -0.3 is 19.5 Å². The zero-order chi connectivity index (χ0) is 17.2.